The Kier molecular flexibility index (Phi) is 7.27. The number of rotatable bonds is 9. The second-order valence-corrected chi connectivity index (χ2v) is 5.60. The molecule has 1 atom stereocenters. The maximum atomic E-state index is 5.46. The van der Waals surface area contributed by atoms with Gasteiger partial charge in [-0.3, -0.25) is 4.68 Å². The molecule has 0 radical (unpaired) electrons. The molecular weight excluding hydrogens is 260 g/mol. The van der Waals surface area contributed by atoms with Crippen LogP contribution < -0.4 is 10.1 Å². The summed E-state index contributed by atoms with van der Waals surface area (Å²) in [5.74, 6) is 1.89. The SMILES string of the molecule is CCNC(CSC)c1c(OC)cnn1CCN(C)C. The maximum absolute atomic E-state index is 5.46. The zero-order valence-electron chi connectivity index (χ0n) is 12.6. The van der Waals surface area contributed by atoms with Crippen molar-refractivity contribution in [2.45, 2.75) is 19.5 Å². The van der Waals surface area contributed by atoms with Crippen molar-refractivity contribution in [3.8, 4) is 5.75 Å². The zero-order chi connectivity index (χ0) is 14.3. The van der Waals surface area contributed by atoms with Crippen molar-refractivity contribution in [2.75, 3.05) is 46.3 Å². The van der Waals surface area contributed by atoms with Gasteiger partial charge in [0, 0.05) is 12.3 Å². The lowest BCUT2D eigenvalue weighted by Crippen LogP contribution is -2.28. The van der Waals surface area contributed by atoms with Gasteiger partial charge in [0.15, 0.2) is 5.75 Å². The molecule has 0 bridgehead atoms. The Morgan fingerprint density at radius 2 is 2.26 bits per heavy atom. The second kappa shape index (κ2) is 8.45. The highest BCUT2D eigenvalue weighted by Gasteiger charge is 2.20. The number of likely N-dealkylation sites (N-methyl/N-ethyl adjacent to an activating group) is 1. The molecule has 0 fully saturated rings. The van der Waals surface area contributed by atoms with Crippen LogP contribution in [0.2, 0.25) is 0 Å². The Balaban J connectivity index is 2.94. The standard InChI is InChI=1S/C13H26N4OS/c1-6-14-11(10-19-5)13-12(18-4)9-15-17(13)8-7-16(2)3/h9,11,14H,6-8,10H2,1-5H3. The van der Waals surface area contributed by atoms with Crippen LogP contribution in [0.25, 0.3) is 0 Å². The van der Waals surface area contributed by atoms with E-state index in [4.69, 9.17) is 4.74 Å². The average Bonchev–Trinajstić information content (AvgIpc) is 2.78. The number of nitrogens with zero attached hydrogens (tertiary/aromatic N) is 3. The van der Waals surface area contributed by atoms with E-state index in [-0.39, 0.29) is 6.04 Å². The number of ether oxygens (including phenoxy) is 1. The Hall–Kier alpha value is -0.720. The van der Waals surface area contributed by atoms with E-state index < -0.39 is 0 Å². The summed E-state index contributed by atoms with van der Waals surface area (Å²) < 4.78 is 7.52. The Labute approximate surface area is 120 Å². The predicted octanol–water partition coefficient (Wildman–Crippen LogP) is 1.47. The summed E-state index contributed by atoms with van der Waals surface area (Å²) in [6.07, 6.45) is 3.94. The molecule has 0 saturated carbocycles. The molecule has 0 aliphatic heterocycles. The molecule has 110 valence electrons. The van der Waals surface area contributed by atoms with Crippen molar-refractivity contribution in [1.29, 1.82) is 0 Å². The van der Waals surface area contributed by atoms with E-state index in [1.165, 1.54) is 0 Å². The number of thioether (sulfide) groups is 1. The van der Waals surface area contributed by atoms with E-state index in [0.29, 0.717) is 0 Å². The van der Waals surface area contributed by atoms with Crippen LogP contribution in [-0.4, -0.2) is 61.0 Å². The first-order chi connectivity index (χ1) is 9.13. The molecule has 19 heavy (non-hydrogen) atoms. The van der Waals surface area contributed by atoms with Gasteiger partial charge < -0.3 is 15.0 Å². The van der Waals surface area contributed by atoms with Crippen LogP contribution in [-0.2, 0) is 6.54 Å². The number of methoxy groups -OCH3 is 1. The monoisotopic (exact) mass is 286 g/mol. The van der Waals surface area contributed by atoms with Crippen molar-refractivity contribution in [3.05, 3.63) is 11.9 Å². The van der Waals surface area contributed by atoms with Gasteiger partial charge in [-0.15, -0.1) is 0 Å². The summed E-state index contributed by atoms with van der Waals surface area (Å²) in [5.41, 5.74) is 1.15. The maximum Gasteiger partial charge on any atom is 0.161 e. The van der Waals surface area contributed by atoms with Crippen molar-refractivity contribution in [2.24, 2.45) is 0 Å². The molecule has 0 aromatic carbocycles. The molecule has 5 nitrogen and oxygen atoms in total. The molecule has 1 aromatic heterocycles. The van der Waals surface area contributed by atoms with E-state index >= 15 is 0 Å². The van der Waals surface area contributed by atoms with Gasteiger partial charge in [0.25, 0.3) is 0 Å². The molecule has 0 saturated heterocycles. The van der Waals surface area contributed by atoms with Crippen LogP contribution in [0.5, 0.6) is 5.75 Å². The molecule has 0 aliphatic rings. The van der Waals surface area contributed by atoms with E-state index in [2.05, 4.69) is 47.3 Å². The largest absolute Gasteiger partial charge is 0.493 e. The minimum atomic E-state index is 0.277. The van der Waals surface area contributed by atoms with Crippen molar-refractivity contribution >= 4 is 11.8 Å². The first kappa shape index (κ1) is 16.3. The summed E-state index contributed by atoms with van der Waals surface area (Å²) in [4.78, 5) is 2.16. The molecular formula is C13H26N4OS. The molecule has 0 amide bonds. The Morgan fingerprint density at radius 1 is 1.53 bits per heavy atom. The minimum absolute atomic E-state index is 0.277. The van der Waals surface area contributed by atoms with Gasteiger partial charge in [0.05, 0.1) is 31.6 Å². The highest BCUT2D eigenvalue weighted by atomic mass is 32.2. The van der Waals surface area contributed by atoms with Gasteiger partial charge in [0.2, 0.25) is 0 Å². The number of nitrogens with one attached hydrogen (secondary N) is 1. The van der Waals surface area contributed by atoms with Crippen LogP contribution in [0.15, 0.2) is 6.20 Å². The first-order valence-corrected chi connectivity index (χ1v) is 8.00. The predicted molar refractivity (Wildman–Crippen MR) is 82.1 cm³/mol. The first-order valence-electron chi connectivity index (χ1n) is 6.60. The molecule has 1 aromatic rings. The highest BCUT2D eigenvalue weighted by molar-refractivity contribution is 7.98. The summed E-state index contributed by atoms with van der Waals surface area (Å²) >= 11 is 1.83. The molecule has 6 heteroatoms. The number of aromatic nitrogens is 2. The lowest BCUT2D eigenvalue weighted by Gasteiger charge is -2.20. The van der Waals surface area contributed by atoms with Crippen LogP contribution in [0, 0.1) is 0 Å². The van der Waals surface area contributed by atoms with Gasteiger partial charge in [-0.25, -0.2) is 0 Å². The van der Waals surface area contributed by atoms with E-state index in [0.717, 1.165) is 36.8 Å². The molecule has 1 heterocycles. The van der Waals surface area contributed by atoms with Crippen molar-refractivity contribution in [3.63, 3.8) is 0 Å². The van der Waals surface area contributed by atoms with Gasteiger partial charge in [0.1, 0.15) is 0 Å². The minimum Gasteiger partial charge on any atom is -0.493 e. The second-order valence-electron chi connectivity index (χ2n) is 4.69. The molecule has 0 aliphatic carbocycles. The third-order valence-electron chi connectivity index (χ3n) is 2.94. The smallest absolute Gasteiger partial charge is 0.161 e. The fourth-order valence-corrected chi connectivity index (χ4v) is 2.62. The zero-order valence-corrected chi connectivity index (χ0v) is 13.5. The highest BCUT2D eigenvalue weighted by Crippen LogP contribution is 2.27. The van der Waals surface area contributed by atoms with Crippen LogP contribution in [0.1, 0.15) is 18.7 Å². The van der Waals surface area contributed by atoms with E-state index in [9.17, 15) is 0 Å². The lowest BCUT2D eigenvalue weighted by atomic mass is 10.2. The molecule has 1 unspecified atom stereocenters. The topological polar surface area (TPSA) is 42.3 Å². The summed E-state index contributed by atoms with van der Waals surface area (Å²) in [5, 5.41) is 7.97. The normalized spacial score (nSPS) is 12.9. The quantitative estimate of drug-likeness (QED) is 0.744. The van der Waals surface area contributed by atoms with Crippen molar-refractivity contribution in [1.82, 2.24) is 20.0 Å². The van der Waals surface area contributed by atoms with E-state index in [1.54, 1.807) is 7.11 Å². The summed E-state index contributed by atoms with van der Waals surface area (Å²) in [6.45, 7) is 4.91. The average molecular weight is 286 g/mol. The van der Waals surface area contributed by atoms with Crippen molar-refractivity contribution < 1.29 is 4.74 Å². The van der Waals surface area contributed by atoms with Gasteiger partial charge in [-0.05, 0) is 26.9 Å². The van der Waals surface area contributed by atoms with Gasteiger partial charge in [-0.1, -0.05) is 6.92 Å². The Morgan fingerprint density at radius 3 is 2.79 bits per heavy atom. The fraction of sp³-hybridized carbons (Fsp3) is 0.769. The third kappa shape index (κ3) is 4.71. The lowest BCUT2D eigenvalue weighted by molar-refractivity contribution is 0.358. The van der Waals surface area contributed by atoms with Crippen LogP contribution in [0.3, 0.4) is 0 Å². The fourth-order valence-electron chi connectivity index (χ4n) is 2.01. The molecule has 1 rings (SSSR count). The number of hydrogen-bond acceptors (Lipinski definition) is 5. The molecule has 1 N–H and O–H groups in total. The number of hydrogen-bond donors (Lipinski definition) is 1. The molecule has 0 spiro atoms. The van der Waals surface area contributed by atoms with Gasteiger partial charge >= 0.3 is 0 Å². The van der Waals surface area contributed by atoms with Crippen LogP contribution >= 0.6 is 11.8 Å². The third-order valence-corrected chi connectivity index (χ3v) is 3.60. The summed E-state index contributed by atoms with van der Waals surface area (Å²) in [6, 6.07) is 0.277. The van der Waals surface area contributed by atoms with E-state index in [1.807, 2.05) is 18.0 Å². The van der Waals surface area contributed by atoms with Crippen LogP contribution in [0.4, 0.5) is 0 Å². The van der Waals surface area contributed by atoms with Gasteiger partial charge in [-0.2, -0.15) is 16.9 Å². The summed E-state index contributed by atoms with van der Waals surface area (Å²) in [7, 11) is 5.85. The Bertz CT molecular complexity index is 362.